The molecule has 168 valence electrons. The van der Waals surface area contributed by atoms with Crippen molar-refractivity contribution < 1.29 is 14.9 Å². The monoisotopic (exact) mass is 435 g/mol. The van der Waals surface area contributed by atoms with Gasteiger partial charge in [0.1, 0.15) is 29.2 Å². The Kier molecular flexibility index (Phi) is 4.83. The molecule has 1 aliphatic carbocycles. The molecule has 1 aromatic carbocycles. The van der Waals surface area contributed by atoms with Gasteiger partial charge >= 0.3 is 0 Å². The van der Waals surface area contributed by atoms with Gasteiger partial charge < -0.3 is 20.3 Å². The van der Waals surface area contributed by atoms with Crippen molar-refractivity contribution in [3.63, 3.8) is 0 Å². The van der Waals surface area contributed by atoms with Gasteiger partial charge in [-0.3, -0.25) is 10.2 Å². The maximum Gasteiger partial charge on any atom is 0.232 e. The van der Waals surface area contributed by atoms with Crippen LogP contribution in [0.25, 0.3) is 0 Å². The standard InChI is InChI=1S/C24H30N6O2/c1-23(5-6-23)32-16-3-4-18(25)17(13-16)21(26)19-14-20(28-15-27-19)30-11-8-24(9-12-30)7-10-29(2)22(24)31/h3-4,13-15,26H,5-12,25H2,1-2H3/p+1. The number of anilines is 2. The minimum Gasteiger partial charge on any atom is -0.488 e. The largest absolute Gasteiger partial charge is 0.488 e. The molecule has 8 heteroatoms. The van der Waals surface area contributed by atoms with Gasteiger partial charge in [0.25, 0.3) is 0 Å². The van der Waals surface area contributed by atoms with Crippen LogP contribution in [0.2, 0.25) is 0 Å². The third kappa shape index (κ3) is 3.67. The predicted molar refractivity (Wildman–Crippen MR) is 122 cm³/mol. The summed E-state index contributed by atoms with van der Waals surface area (Å²) in [6, 6.07) is 7.51. The lowest BCUT2D eigenvalue weighted by Crippen LogP contribution is -2.45. The van der Waals surface area contributed by atoms with Crippen LogP contribution in [0.1, 0.15) is 50.3 Å². The van der Waals surface area contributed by atoms with Gasteiger partial charge in [0, 0.05) is 38.4 Å². The first-order valence-electron chi connectivity index (χ1n) is 11.3. The van der Waals surface area contributed by atoms with E-state index in [1.54, 1.807) is 0 Å². The van der Waals surface area contributed by atoms with E-state index in [4.69, 9.17) is 15.9 Å². The summed E-state index contributed by atoms with van der Waals surface area (Å²) in [5.74, 6) is 1.87. The van der Waals surface area contributed by atoms with Crippen molar-refractivity contribution >= 4 is 23.1 Å². The Morgan fingerprint density at radius 3 is 2.47 bits per heavy atom. The number of hydrogen-bond donors (Lipinski definition) is 2. The van der Waals surface area contributed by atoms with Crippen LogP contribution in [0.15, 0.2) is 30.6 Å². The van der Waals surface area contributed by atoms with Gasteiger partial charge in [-0.2, -0.15) is 0 Å². The van der Waals surface area contributed by atoms with Crippen LogP contribution >= 0.6 is 0 Å². The molecule has 1 saturated carbocycles. The lowest BCUT2D eigenvalue weighted by Gasteiger charge is -2.38. The van der Waals surface area contributed by atoms with E-state index in [1.165, 1.54) is 6.33 Å². The van der Waals surface area contributed by atoms with E-state index in [0.29, 0.717) is 22.7 Å². The molecule has 8 nitrogen and oxygen atoms in total. The van der Waals surface area contributed by atoms with Gasteiger partial charge in [0.15, 0.2) is 0 Å². The Balaban J connectivity index is 1.33. The van der Waals surface area contributed by atoms with Crippen molar-refractivity contribution in [3.8, 4) is 5.75 Å². The molecule has 3 heterocycles. The zero-order chi connectivity index (χ0) is 22.5. The van der Waals surface area contributed by atoms with Crippen LogP contribution in [0.5, 0.6) is 5.75 Å². The van der Waals surface area contributed by atoms with Crippen LogP contribution in [-0.4, -0.2) is 58.8 Å². The molecule has 2 aliphatic heterocycles. The second-order valence-electron chi connectivity index (χ2n) is 9.72. The highest BCUT2D eigenvalue weighted by Crippen LogP contribution is 2.42. The maximum atomic E-state index is 12.6. The van der Waals surface area contributed by atoms with Gasteiger partial charge in [0.05, 0.1) is 11.0 Å². The Labute approximate surface area is 188 Å². The van der Waals surface area contributed by atoms with Gasteiger partial charge in [0.2, 0.25) is 11.6 Å². The lowest BCUT2D eigenvalue weighted by molar-refractivity contribution is -0.135. The number of nitrogen functional groups attached to an aromatic ring is 1. The summed E-state index contributed by atoms with van der Waals surface area (Å²) in [7, 11) is 1.90. The molecule has 3 aliphatic rings. The van der Waals surface area contributed by atoms with E-state index in [1.807, 2.05) is 36.2 Å². The number of ether oxygens (including phenoxy) is 1. The first-order valence-corrected chi connectivity index (χ1v) is 11.3. The molecule has 4 N–H and O–H groups in total. The molecule has 0 bridgehead atoms. The molecule has 2 saturated heterocycles. The fourth-order valence-corrected chi connectivity index (χ4v) is 4.82. The Bertz CT molecular complexity index is 1070. The number of carbonyl (C=O) groups excluding carboxylic acids is 1. The average Bonchev–Trinajstić information content (AvgIpc) is 3.48. The van der Waals surface area contributed by atoms with E-state index < -0.39 is 0 Å². The quantitative estimate of drug-likeness (QED) is 0.536. The average molecular weight is 436 g/mol. The molecule has 1 aromatic heterocycles. The molecular formula is C24H31N6O2+. The molecule has 1 amide bonds. The number of piperidine rings is 1. The zero-order valence-electron chi connectivity index (χ0n) is 18.8. The van der Waals surface area contributed by atoms with E-state index >= 15 is 0 Å². The number of nitrogens with zero attached hydrogens (tertiary/aromatic N) is 4. The molecule has 1 spiro atoms. The topological polar surface area (TPSA) is 110 Å². The Hall–Kier alpha value is -3.16. The second-order valence-corrected chi connectivity index (χ2v) is 9.72. The summed E-state index contributed by atoms with van der Waals surface area (Å²) in [6.07, 6.45) is 6.29. The summed E-state index contributed by atoms with van der Waals surface area (Å²) in [4.78, 5) is 25.6. The highest BCUT2D eigenvalue weighted by atomic mass is 16.5. The summed E-state index contributed by atoms with van der Waals surface area (Å²) in [5, 5.41) is 6.51. The third-order valence-electron chi connectivity index (χ3n) is 7.33. The van der Waals surface area contributed by atoms with E-state index in [9.17, 15) is 4.79 Å². The summed E-state index contributed by atoms with van der Waals surface area (Å²) < 4.78 is 6.08. The van der Waals surface area contributed by atoms with Crippen molar-refractivity contribution in [3.05, 3.63) is 41.9 Å². The van der Waals surface area contributed by atoms with Crippen molar-refractivity contribution in [2.75, 3.05) is 37.3 Å². The number of benzene rings is 1. The van der Waals surface area contributed by atoms with Crippen molar-refractivity contribution in [2.45, 2.75) is 44.6 Å². The SMILES string of the molecule is CN1CCC2(CCN(c3cc(C(=[NH2+])c4cc(OC5(C)CC5)ccc4N)ncn3)CC2)C1=O. The number of rotatable bonds is 5. The molecular weight excluding hydrogens is 404 g/mol. The third-order valence-corrected chi connectivity index (χ3v) is 7.33. The first kappa shape index (κ1) is 20.7. The van der Waals surface area contributed by atoms with Gasteiger partial charge in [-0.15, -0.1) is 0 Å². The number of amides is 1. The van der Waals surface area contributed by atoms with Crippen molar-refractivity contribution in [1.82, 2.24) is 14.9 Å². The fraction of sp³-hybridized carbons (Fsp3) is 0.500. The predicted octanol–water partition coefficient (Wildman–Crippen LogP) is 1.04. The highest BCUT2D eigenvalue weighted by molar-refractivity contribution is 6.11. The Morgan fingerprint density at radius 1 is 1.09 bits per heavy atom. The van der Waals surface area contributed by atoms with Crippen LogP contribution in [-0.2, 0) is 4.79 Å². The summed E-state index contributed by atoms with van der Waals surface area (Å²) in [5.41, 5.74) is 8.39. The summed E-state index contributed by atoms with van der Waals surface area (Å²) in [6.45, 7) is 4.54. The van der Waals surface area contributed by atoms with Crippen molar-refractivity contribution in [2.24, 2.45) is 5.41 Å². The number of carbonyl (C=O) groups is 1. The molecule has 3 fully saturated rings. The molecule has 5 rings (SSSR count). The zero-order valence-corrected chi connectivity index (χ0v) is 18.8. The maximum absolute atomic E-state index is 12.6. The van der Waals surface area contributed by atoms with Gasteiger partial charge in [-0.25, -0.2) is 9.97 Å². The second kappa shape index (κ2) is 7.46. The lowest BCUT2D eigenvalue weighted by atomic mass is 9.77. The fourth-order valence-electron chi connectivity index (χ4n) is 4.82. The normalized spacial score (nSPS) is 21.1. The number of aromatic nitrogens is 2. The molecule has 32 heavy (non-hydrogen) atoms. The minimum atomic E-state index is -0.195. The highest BCUT2D eigenvalue weighted by Gasteiger charge is 2.47. The van der Waals surface area contributed by atoms with Gasteiger partial charge in [-0.05, 0) is 57.2 Å². The van der Waals surface area contributed by atoms with Crippen LogP contribution in [0.3, 0.4) is 0 Å². The molecule has 0 atom stereocenters. The van der Waals surface area contributed by atoms with E-state index in [0.717, 1.165) is 63.3 Å². The minimum absolute atomic E-state index is 0.0780. The van der Waals surface area contributed by atoms with Crippen LogP contribution in [0.4, 0.5) is 11.5 Å². The number of nitrogens with two attached hydrogens (primary N) is 2. The molecule has 0 radical (unpaired) electrons. The summed E-state index contributed by atoms with van der Waals surface area (Å²) >= 11 is 0. The van der Waals surface area contributed by atoms with Crippen molar-refractivity contribution in [1.29, 1.82) is 0 Å². The Morgan fingerprint density at radius 2 is 1.81 bits per heavy atom. The van der Waals surface area contributed by atoms with Gasteiger partial charge in [-0.1, -0.05) is 0 Å². The van der Waals surface area contributed by atoms with E-state index in [-0.39, 0.29) is 16.9 Å². The van der Waals surface area contributed by atoms with Crippen LogP contribution < -0.4 is 20.8 Å². The number of hydrogen-bond acceptors (Lipinski definition) is 6. The molecule has 0 unspecified atom stereocenters. The first-order chi connectivity index (χ1) is 15.3. The smallest absolute Gasteiger partial charge is 0.232 e. The van der Waals surface area contributed by atoms with Crippen LogP contribution in [0, 0.1) is 5.41 Å². The number of likely N-dealkylation sites (tertiary alicyclic amines) is 1. The molecule has 2 aromatic rings. The van der Waals surface area contributed by atoms with E-state index in [2.05, 4.69) is 21.8 Å².